The Morgan fingerprint density at radius 1 is 1.56 bits per heavy atom. The fraction of sp³-hybridized carbons (Fsp3) is 0.222. The Labute approximate surface area is 105 Å². The molecule has 9 heteroatoms. The first-order chi connectivity index (χ1) is 8.66. The summed E-state index contributed by atoms with van der Waals surface area (Å²) in [6.07, 6.45) is 3.07. The molecule has 0 bridgehead atoms. The van der Waals surface area contributed by atoms with Gasteiger partial charge in [-0.2, -0.15) is 0 Å². The van der Waals surface area contributed by atoms with E-state index in [1.54, 1.807) is 0 Å². The van der Waals surface area contributed by atoms with Crippen LogP contribution in [0.2, 0.25) is 0 Å². The van der Waals surface area contributed by atoms with Gasteiger partial charge in [0, 0.05) is 23.7 Å². The van der Waals surface area contributed by atoms with Crippen molar-refractivity contribution in [3.05, 3.63) is 29.3 Å². The number of carbonyl (C=O) groups excluding carboxylic acids is 1. The summed E-state index contributed by atoms with van der Waals surface area (Å²) in [5.74, 6) is -1.68. The van der Waals surface area contributed by atoms with Crippen molar-refractivity contribution in [2.45, 2.75) is 12.5 Å². The minimum absolute atomic E-state index is 0.107. The van der Waals surface area contributed by atoms with E-state index in [-0.39, 0.29) is 12.1 Å². The van der Waals surface area contributed by atoms with Crippen LogP contribution in [0.4, 0.5) is 0 Å². The van der Waals surface area contributed by atoms with Crippen molar-refractivity contribution in [3.63, 3.8) is 0 Å². The summed E-state index contributed by atoms with van der Waals surface area (Å²) in [5, 5.41) is 16.4. The van der Waals surface area contributed by atoms with Gasteiger partial charge in [0.15, 0.2) is 5.69 Å². The van der Waals surface area contributed by atoms with Crippen LogP contribution in [-0.4, -0.2) is 42.6 Å². The third-order valence-electron chi connectivity index (χ3n) is 2.17. The normalized spacial score (nSPS) is 12.0. The predicted molar refractivity (Wildman–Crippen MR) is 61.1 cm³/mol. The zero-order valence-electron chi connectivity index (χ0n) is 9.03. The third kappa shape index (κ3) is 2.88. The second-order valence-electron chi connectivity index (χ2n) is 3.44. The molecule has 2 aromatic rings. The quantitative estimate of drug-likeness (QED) is 0.683. The Kier molecular flexibility index (Phi) is 3.63. The van der Waals surface area contributed by atoms with Gasteiger partial charge < -0.3 is 15.4 Å². The number of H-pyrrole nitrogens is 1. The van der Waals surface area contributed by atoms with Gasteiger partial charge in [0.2, 0.25) is 0 Å². The molecule has 0 fully saturated rings. The van der Waals surface area contributed by atoms with Gasteiger partial charge in [-0.25, -0.2) is 9.78 Å². The number of carboxylic acid groups (broad SMARTS) is 1. The first kappa shape index (κ1) is 12.2. The lowest BCUT2D eigenvalue weighted by atomic mass is 10.1. The Morgan fingerprint density at radius 2 is 2.39 bits per heavy atom. The van der Waals surface area contributed by atoms with Crippen molar-refractivity contribution in [2.75, 3.05) is 0 Å². The minimum atomic E-state index is -1.12. The van der Waals surface area contributed by atoms with Crippen LogP contribution in [0.3, 0.4) is 0 Å². The van der Waals surface area contributed by atoms with Gasteiger partial charge >= 0.3 is 5.97 Å². The molecule has 2 rings (SSSR count). The molecule has 0 aliphatic heterocycles. The highest BCUT2D eigenvalue weighted by Gasteiger charge is 2.22. The summed E-state index contributed by atoms with van der Waals surface area (Å²) in [5.41, 5.74) is 0.731. The predicted octanol–water partition coefficient (Wildman–Crippen LogP) is -0.313. The van der Waals surface area contributed by atoms with Gasteiger partial charge in [0.1, 0.15) is 6.04 Å². The molecule has 18 heavy (non-hydrogen) atoms. The summed E-state index contributed by atoms with van der Waals surface area (Å²) in [4.78, 5) is 29.3. The average molecular weight is 267 g/mol. The van der Waals surface area contributed by atoms with Crippen LogP contribution in [0, 0.1) is 0 Å². The van der Waals surface area contributed by atoms with Gasteiger partial charge in [-0.3, -0.25) is 4.79 Å². The summed E-state index contributed by atoms with van der Waals surface area (Å²) in [6, 6.07) is -1.04. The number of nitrogens with zero attached hydrogens (tertiary/aromatic N) is 3. The van der Waals surface area contributed by atoms with Crippen molar-refractivity contribution in [3.8, 4) is 0 Å². The van der Waals surface area contributed by atoms with Crippen molar-refractivity contribution in [1.29, 1.82) is 0 Å². The van der Waals surface area contributed by atoms with E-state index in [2.05, 4.69) is 24.9 Å². The number of imidazole rings is 1. The summed E-state index contributed by atoms with van der Waals surface area (Å²) in [7, 11) is 0. The SMILES string of the molecule is O=C(N[C@@H](Cc1cnc[nH]1)C(=O)O)c1csnn1. The van der Waals surface area contributed by atoms with Crippen LogP contribution in [-0.2, 0) is 11.2 Å². The Balaban J connectivity index is 2.03. The molecule has 3 N–H and O–H groups in total. The first-order valence-electron chi connectivity index (χ1n) is 4.95. The van der Waals surface area contributed by atoms with E-state index in [9.17, 15) is 9.59 Å². The van der Waals surface area contributed by atoms with Crippen LogP contribution in [0.15, 0.2) is 17.9 Å². The molecule has 2 aromatic heterocycles. The number of rotatable bonds is 5. The number of aliphatic carboxylic acids is 1. The van der Waals surface area contributed by atoms with Crippen molar-refractivity contribution >= 4 is 23.4 Å². The highest BCUT2D eigenvalue weighted by molar-refractivity contribution is 7.03. The van der Waals surface area contributed by atoms with Crippen LogP contribution in [0.25, 0.3) is 0 Å². The number of hydrogen-bond acceptors (Lipinski definition) is 6. The Bertz CT molecular complexity index is 524. The molecular formula is C9H9N5O3S. The molecule has 0 aliphatic rings. The number of hydrogen-bond donors (Lipinski definition) is 3. The van der Waals surface area contributed by atoms with Gasteiger partial charge in [-0.05, 0) is 11.5 Å². The largest absolute Gasteiger partial charge is 0.480 e. The number of amides is 1. The van der Waals surface area contributed by atoms with Crippen molar-refractivity contribution < 1.29 is 14.7 Å². The first-order valence-corrected chi connectivity index (χ1v) is 5.78. The lowest BCUT2D eigenvalue weighted by molar-refractivity contribution is -0.139. The summed E-state index contributed by atoms with van der Waals surface area (Å²) >= 11 is 1.02. The van der Waals surface area contributed by atoms with Gasteiger partial charge in [-0.1, -0.05) is 4.49 Å². The zero-order valence-corrected chi connectivity index (χ0v) is 9.85. The Morgan fingerprint density at radius 3 is 2.94 bits per heavy atom. The lowest BCUT2D eigenvalue weighted by Crippen LogP contribution is -2.42. The monoisotopic (exact) mass is 267 g/mol. The molecular weight excluding hydrogens is 258 g/mol. The maximum absolute atomic E-state index is 11.7. The second-order valence-corrected chi connectivity index (χ2v) is 4.05. The maximum atomic E-state index is 11.7. The molecule has 0 radical (unpaired) electrons. The van der Waals surface area contributed by atoms with Crippen LogP contribution < -0.4 is 5.32 Å². The number of aromatic amines is 1. The fourth-order valence-electron chi connectivity index (χ4n) is 1.31. The van der Waals surface area contributed by atoms with E-state index in [1.807, 2.05) is 0 Å². The molecule has 1 atom stereocenters. The number of aromatic nitrogens is 4. The molecule has 0 aromatic carbocycles. The average Bonchev–Trinajstić information content (AvgIpc) is 3.00. The van der Waals surface area contributed by atoms with E-state index in [1.165, 1.54) is 17.9 Å². The molecule has 94 valence electrons. The van der Waals surface area contributed by atoms with Gasteiger partial charge in [-0.15, -0.1) is 5.10 Å². The lowest BCUT2D eigenvalue weighted by Gasteiger charge is -2.12. The molecule has 0 saturated carbocycles. The van der Waals surface area contributed by atoms with E-state index in [4.69, 9.17) is 5.11 Å². The summed E-state index contributed by atoms with van der Waals surface area (Å²) < 4.78 is 3.54. The van der Waals surface area contributed by atoms with E-state index in [0.717, 1.165) is 11.5 Å². The molecule has 2 heterocycles. The van der Waals surface area contributed by atoms with Crippen LogP contribution in [0.1, 0.15) is 16.2 Å². The molecule has 0 aliphatic carbocycles. The standard InChI is InChI=1S/C9H9N5O3S/c15-8(7-3-18-14-13-7)12-6(9(16)17)1-5-2-10-4-11-5/h2-4,6H,1H2,(H,10,11)(H,12,15)(H,16,17)/t6-/m0/s1. The van der Waals surface area contributed by atoms with Gasteiger partial charge in [0.25, 0.3) is 5.91 Å². The fourth-order valence-corrected chi connectivity index (χ4v) is 1.75. The van der Waals surface area contributed by atoms with E-state index < -0.39 is 17.9 Å². The topological polar surface area (TPSA) is 121 Å². The van der Waals surface area contributed by atoms with E-state index >= 15 is 0 Å². The molecule has 1 amide bonds. The molecule has 0 unspecified atom stereocenters. The minimum Gasteiger partial charge on any atom is -0.480 e. The van der Waals surface area contributed by atoms with Crippen LogP contribution >= 0.6 is 11.5 Å². The molecule has 0 saturated heterocycles. The summed E-state index contributed by atoms with van der Waals surface area (Å²) in [6.45, 7) is 0. The maximum Gasteiger partial charge on any atom is 0.326 e. The number of carboxylic acids is 1. The van der Waals surface area contributed by atoms with Crippen molar-refractivity contribution in [1.82, 2.24) is 24.9 Å². The number of carbonyl (C=O) groups is 2. The van der Waals surface area contributed by atoms with E-state index in [0.29, 0.717) is 5.69 Å². The smallest absolute Gasteiger partial charge is 0.326 e. The Hall–Kier alpha value is -2.29. The van der Waals surface area contributed by atoms with Crippen molar-refractivity contribution in [2.24, 2.45) is 0 Å². The van der Waals surface area contributed by atoms with Gasteiger partial charge in [0.05, 0.1) is 6.33 Å². The zero-order chi connectivity index (χ0) is 13.0. The highest BCUT2D eigenvalue weighted by Crippen LogP contribution is 2.02. The molecule has 0 spiro atoms. The third-order valence-corrected chi connectivity index (χ3v) is 2.68. The molecule has 8 nitrogen and oxygen atoms in total. The highest BCUT2D eigenvalue weighted by atomic mass is 32.1. The van der Waals surface area contributed by atoms with Crippen LogP contribution in [0.5, 0.6) is 0 Å². The second kappa shape index (κ2) is 5.36. The number of nitrogens with one attached hydrogen (secondary N) is 2.